The van der Waals surface area contributed by atoms with Crippen LogP contribution in [0.3, 0.4) is 0 Å². The topological polar surface area (TPSA) is 65.9 Å². The molecule has 5 nitrogen and oxygen atoms in total. The number of halogens is 2. The van der Waals surface area contributed by atoms with E-state index < -0.39 is 6.10 Å². The number of aliphatic hydroxyl groups is 1. The van der Waals surface area contributed by atoms with Gasteiger partial charge in [0.2, 0.25) is 0 Å². The van der Waals surface area contributed by atoms with Crippen molar-refractivity contribution in [2.24, 2.45) is 10.9 Å². The number of nitrogens with zero attached hydrogens (tertiary/aromatic N) is 1. The minimum Gasteiger partial charge on any atom is -0.389 e. The molecule has 2 rings (SSSR count). The Morgan fingerprint density at radius 2 is 2.16 bits per heavy atom. The van der Waals surface area contributed by atoms with E-state index >= 15 is 0 Å². The number of aliphatic hydroxyl groups excluding tert-OH is 1. The first-order valence-corrected chi connectivity index (χ1v) is 8.61. The number of ether oxygens (including phenoxy) is 1. The van der Waals surface area contributed by atoms with Gasteiger partial charge in [-0.25, -0.2) is 9.38 Å². The van der Waals surface area contributed by atoms with Crippen LogP contribution in [0.2, 0.25) is 0 Å². The van der Waals surface area contributed by atoms with Crippen molar-refractivity contribution >= 4 is 29.9 Å². The first-order valence-electron chi connectivity index (χ1n) is 8.61. The summed E-state index contributed by atoms with van der Waals surface area (Å²) in [4.78, 5) is 4.42. The Labute approximate surface area is 166 Å². The van der Waals surface area contributed by atoms with Crippen LogP contribution in [-0.4, -0.2) is 43.5 Å². The number of hydrogen-bond donors (Lipinski definition) is 3. The molecule has 0 aliphatic heterocycles. The zero-order chi connectivity index (χ0) is 17.4. The summed E-state index contributed by atoms with van der Waals surface area (Å²) in [5.74, 6) is 1.07. The van der Waals surface area contributed by atoms with Crippen LogP contribution in [0.1, 0.15) is 30.9 Å². The zero-order valence-electron chi connectivity index (χ0n) is 14.9. The van der Waals surface area contributed by atoms with Gasteiger partial charge in [-0.1, -0.05) is 12.1 Å². The van der Waals surface area contributed by atoms with E-state index in [-0.39, 0.29) is 29.8 Å². The highest BCUT2D eigenvalue weighted by Gasteiger charge is 2.21. The van der Waals surface area contributed by atoms with Gasteiger partial charge in [-0.2, -0.15) is 0 Å². The summed E-state index contributed by atoms with van der Waals surface area (Å²) < 4.78 is 19.0. The second-order valence-electron chi connectivity index (χ2n) is 6.29. The fraction of sp³-hybridized carbons (Fsp3) is 0.611. The number of rotatable bonds is 9. The van der Waals surface area contributed by atoms with Gasteiger partial charge >= 0.3 is 0 Å². The van der Waals surface area contributed by atoms with Crippen molar-refractivity contribution in [3.05, 3.63) is 35.1 Å². The molecule has 0 amide bonds. The predicted molar refractivity (Wildman–Crippen MR) is 109 cm³/mol. The molecule has 0 bridgehead atoms. The molecule has 1 aromatic rings. The third-order valence-electron chi connectivity index (χ3n) is 3.87. The molecule has 25 heavy (non-hydrogen) atoms. The van der Waals surface area contributed by atoms with E-state index in [1.807, 2.05) is 13.0 Å². The molecule has 142 valence electrons. The number of aliphatic imine (C=N–C) groups is 1. The molecule has 0 saturated heterocycles. The van der Waals surface area contributed by atoms with Crippen LogP contribution in [0.15, 0.2) is 23.2 Å². The number of hydrogen-bond acceptors (Lipinski definition) is 3. The highest BCUT2D eigenvalue weighted by molar-refractivity contribution is 14.0. The van der Waals surface area contributed by atoms with Crippen LogP contribution in [0.25, 0.3) is 0 Å². The summed E-state index contributed by atoms with van der Waals surface area (Å²) in [5, 5.41) is 16.1. The number of benzene rings is 1. The Balaban J connectivity index is 0.00000312. The van der Waals surface area contributed by atoms with Crippen molar-refractivity contribution in [2.45, 2.75) is 39.3 Å². The predicted octanol–water partition coefficient (Wildman–Crippen LogP) is 2.59. The molecule has 0 spiro atoms. The Morgan fingerprint density at radius 1 is 1.40 bits per heavy atom. The third-order valence-corrected chi connectivity index (χ3v) is 3.87. The molecule has 0 radical (unpaired) electrons. The van der Waals surface area contributed by atoms with Crippen molar-refractivity contribution in [3.8, 4) is 0 Å². The van der Waals surface area contributed by atoms with Crippen molar-refractivity contribution in [2.75, 3.05) is 26.3 Å². The van der Waals surface area contributed by atoms with Gasteiger partial charge < -0.3 is 20.5 Å². The van der Waals surface area contributed by atoms with Crippen LogP contribution in [0.4, 0.5) is 4.39 Å². The van der Waals surface area contributed by atoms with E-state index in [2.05, 4.69) is 15.6 Å². The first kappa shape index (κ1) is 22.1. The van der Waals surface area contributed by atoms with Crippen molar-refractivity contribution in [3.63, 3.8) is 0 Å². The lowest BCUT2D eigenvalue weighted by Crippen LogP contribution is -2.42. The Hall–Kier alpha value is -0.930. The molecule has 7 heteroatoms. The maximum absolute atomic E-state index is 13.6. The first-order chi connectivity index (χ1) is 11.6. The van der Waals surface area contributed by atoms with Gasteiger partial charge in [-0.05, 0) is 49.8 Å². The highest BCUT2D eigenvalue weighted by Crippen LogP contribution is 2.28. The zero-order valence-corrected chi connectivity index (χ0v) is 17.3. The quantitative estimate of drug-likeness (QED) is 0.298. The fourth-order valence-electron chi connectivity index (χ4n) is 2.18. The maximum Gasteiger partial charge on any atom is 0.191 e. The third kappa shape index (κ3) is 8.82. The SMILES string of the molecule is CCNC(=NCc1ccc(C)c(F)c1)NCC(O)COCC1CC1.I. The molecule has 1 unspecified atom stereocenters. The molecular formula is C18H29FIN3O2. The van der Waals surface area contributed by atoms with Crippen molar-refractivity contribution in [1.82, 2.24) is 10.6 Å². The van der Waals surface area contributed by atoms with Crippen LogP contribution >= 0.6 is 24.0 Å². The molecule has 0 heterocycles. The summed E-state index contributed by atoms with van der Waals surface area (Å²) in [6.45, 7) is 6.22. The Bertz CT molecular complexity index is 553. The molecule has 0 aromatic heterocycles. The van der Waals surface area contributed by atoms with Crippen molar-refractivity contribution in [1.29, 1.82) is 0 Å². The number of aryl methyl sites for hydroxylation is 1. The smallest absolute Gasteiger partial charge is 0.191 e. The van der Waals surface area contributed by atoms with E-state index in [9.17, 15) is 9.50 Å². The van der Waals surface area contributed by atoms with E-state index in [1.165, 1.54) is 18.9 Å². The molecule has 1 aliphatic carbocycles. The highest BCUT2D eigenvalue weighted by atomic mass is 127. The normalized spacial score (nSPS) is 15.4. The van der Waals surface area contributed by atoms with Gasteiger partial charge in [0, 0.05) is 19.7 Å². The Morgan fingerprint density at radius 3 is 2.80 bits per heavy atom. The monoisotopic (exact) mass is 465 g/mol. The second-order valence-corrected chi connectivity index (χ2v) is 6.29. The lowest BCUT2D eigenvalue weighted by atomic mass is 10.1. The molecule has 1 aliphatic rings. The van der Waals surface area contributed by atoms with E-state index in [0.717, 1.165) is 12.2 Å². The van der Waals surface area contributed by atoms with Gasteiger partial charge in [0.25, 0.3) is 0 Å². The van der Waals surface area contributed by atoms with Gasteiger partial charge in [0.15, 0.2) is 5.96 Å². The summed E-state index contributed by atoms with van der Waals surface area (Å²) >= 11 is 0. The number of guanidine groups is 1. The van der Waals surface area contributed by atoms with E-state index in [4.69, 9.17) is 4.74 Å². The minimum atomic E-state index is -0.579. The van der Waals surface area contributed by atoms with Gasteiger partial charge in [-0.15, -0.1) is 24.0 Å². The molecular weight excluding hydrogens is 436 g/mol. The van der Waals surface area contributed by atoms with Gasteiger partial charge in [-0.3, -0.25) is 0 Å². The van der Waals surface area contributed by atoms with Gasteiger partial charge in [0.1, 0.15) is 5.82 Å². The largest absolute Gasteiger partial charge is 0.389 e. The molecule has 1 aromatic carbocycles. The van der Waals surface area contributed by atoms with Crippen molar-refractivity contribution < 1.29 is 14.2 Å². The fourth-order valence-corrected chi connectivity index (χ4v) is 2.18. The maximum atomic E-state index is 13.6. The molecule has 3 N–H and O–H groups in total. The van der Waals surface area contributed by atoms with Crippen LogP contribution in [0, 0.1) is 18.7 Å². The summed E-state index contributed by atoms with van der Waals surface area (Å²) in [6.07, 6.45) is 1.90. The van der Waals surface area contributed by atoms with Gasteiger partial charge in [0.05, 0.1) is 19.3 Å². The standard InChI is InChI=1S/C18H28FN3O2.HI/c1-3-20-18(21-9-15-5-4-13(2)17(19)8-15)22-10-16(23)12-24-11-14-6-7-14;/h4-5,8,14,16,23H,3,6-7,9-12H2,1-2H3,(H2,20,21,22);1H. The summed E-state index contributed by atoms with van der Waals surface area (Å²) in [5.41, 5.74) is 1.44. The second kappa shape index (κ2) is 11.6. The van der Waals surface area contributed by atoms with E-state index in [0.29, 0.717) is 43.7 Å². The average Bonchev–Trinajstić information content (AvgIpc) is 3.37. The minimum absolute atomic E-state index is 0. The molecule has 1 atom stereocenters. The lowest BCUT2D eigenvalue weighted by molar-refractivity contribution is 0.0345. The number of nitrogens with one attached hydrogen (secondary N) is 2. The molecule has 1 fully saturated rings. The average molecular weight is 465 g/mol. The summed E-state index contributed by atoms with van der Waals surface area (Å²) in [6, 6.07) is 5.12. The van der Waals surface area contributed by atoms with Crippen LogP contribution in [0.5, 0.6) is 0 Å². The lowest BCUT2D eigenvalue weighted by Gasteiger charge is -2.15. The molecule has 1 saturated carbocycles. The van der Waals surface area contributed by atoms with Crippen LogP contribution < -0.4 is 10.6 Å². The summed E-state index contributed by atoms with van der Waals surface area (Å²) in [7, 11) is 0. The van der Waals surface area contributed by atoms with Crippen LogP contribution in [-0.2, 0) is 11.3 Å². The Kier molecular flexibility index (Phi) is 10.3. The van der Waals surface area contributed by atoms with E-state index in [1.54, 1.807) is 13.0 Å².